The number of carbonyl (C=O) groups is 2. The molecule has 2 atom stereocenters. The minimum Gasteiger partial charge on any atom is -0.349 e. The van der Waals surface area contributed by atoms with Gasteiger partial charge in [-0.05, 0) is 54.9 Å². The van der Waals surface area contributed by atoms with E-state index in [9.17, 15) is 9.59 Å². The Labute approximate surface area is 154 Å². The van der Waals surface area contributed by atoms with Gasteiger partial charge in [0.2, 0.25) is 11.8 Å². The lowest BCUT2D eigenvalue weighted by molar-refractivity contribution is -0.123. The summed E-state index contributed by atoms with van der Waals surface area (Å²) in [6.07, 6.45) is 4.86. The highest BCUT2D eigenvalue weighted by molar-refractivity contribution is 5.96. The van der Waals surface area contributed by atoms with E-state index in [-0.39, 0.29) is 23.8 Å². The van der Waals surface area contributed by atoms with E-state index in [1.165, 1.54) is 11.1 Å². The molecular formula is C22H24N2O2. The molecule has 0 saturated carbocycles. The van der Waals surface area contributed by atoms with Crippen molar-refractivity contribution in [3.05, 3.63) is 65.2 Å². The van der Waals surface area contributed by atoms with E-state index in [1.807, 2.05) is 30.3 Å². The zero-order valence-corrected chi connectivity index (χ0v) is 14.8. The molecule has 0 bridgehead atoms. The highest BCUT2D eigenvalue weighted by atomic mass is 16.2. The maximum atomic E-state index is 12.5. The number of aryl methyl sites for hydroxylation is 1. The maximum absolute atomic E-state index is 12.5. The van der Waals surface area contributed by atoms with Crippen LogP contribution in [0.4, 0.5) is 5.69 Å². The lowest BCUT2D eigenvalue weighted by atomic mass is 9.87. The molecule has 0 aromatic heterocycles. The van der Waals surface area contributed by atoms with Crippen LogP contribution in [0.5, 0.6) is 0 Å². The second-order valence-corrected chi connectivity index (χ2v) is 7.30. The van der Waals surface area contributed by atoms with Gasteiger partial charge in [0.15, 0.2) is 0 Å². The first-order chi connectivity index (χ1) is 12.7. The van der Waals surface area contributed by atoms with Gasteiger partial charge in [0, 0.05) is 18.0 Å². The normalized spacial score (nSPS) is 21.3. The fourth-order valence-corrected chi connectivity index (χ4v) is 4.12. The molecule has 2 aromatic rings. The quantitative estimate of drug-likeness (QED) is 0.884. The number of amides is 2. The summed E-state index contributed by atoms with van der Waals surface area (Å²) < 4.78 is 0. The number of anilines is 1. The number of para-hydroxylation sites is 1. The van der Waals surface area contributed by atoms with Crippen LogP contribution in [-0.4, -0.2) is 11.8 Å². The Hall–Kier alpha value is -2.62. The summed E-state index contributed by atoms with van der Waals surface area (Å²) in [4.78, 5) is 24.8. The Morgan fingerprint density at radius 2 is 1.85 bits per heavy atom. The van der Waals surface area contributed by atoms with Crippen LogP contribution in [0.2, 0.25) is 0 Å². The fraction of sp³-hybridized carbons (Fsp3) is 0.364. The lowest BCUT2D eigenvalue weighted by Crippen LogP contribution is -2.33. The van der Waals surface area contributed by atoms with E-state index >= 15 is 0 Å². The molecule has 4 nitrogen and oxygen atoms in total. The predicted octanol–water partition coefficient (Wildman–Crippen LogP) is 3.77. The fourth-order valence-electron chi connectivity index (χ4n) is 4.12. The van der Waals surface area contributed by atoms with Crippen molar-refractivity contribution in [3.8, 4) is 0 Å². The smallest absolute Gasteiger partial charge is 0.227 e. The summed E-state index contributed by atoms with van der Waals surface area (Å²) in [5.41, 5.74) is 4.64. The first-order valence-corrected chi connectivity index (χ1v) is 9.46. The summed E-state index contributed by atoms with van der Waals surface area (Å²) >= 11 is 0. The number of nitrogens with one attached hydrogen (secondary N) is 2. The molecule has 1 aliphatic heterocycles. The monoisotopic (exact) mass is 348 g/mol. The molecule has 134 valence electrons. The zero-order valence-electron chi connectivity index (χ0n) is 14.8. The molecular weight excluding hydrogens is 324 g/mol. The van der Waals surface area contributed by atoms with Crippen molar-refractivity contribution in [1.82, 2.24) is 5.32 Å². The minimum atomic E-state index is -0.130. The summed E-state index contributed by atoms with van der Waals surface area (Å²) in [7, 11) is 0. The Kier molecular flexibility index (Phi) is 4.74. The van der Waals surface area contributed by atoms with E-state index in [2.05, 4.69) is 28.8 Å². The summed E-state index contributed by atoms with van der Waals surface area (Å²) in [6.45, 7) is 0. The Morgan fingerprint density at radius 3 is 2.73 bits per heavy atom. The third kappa shape index (κ3) is 3.50. The van der Waals surface area contributed by atoms with Gasteiger partial charge in [-0.1, -0.05) is 42.5 Å². The number of rotatable bonds is 4. The lowest BCUT2D eigenvalue weighted by Gasteiger charge is -2.27. The van der Waals surface area contributed by atoms with Gasteiger partial charge >= 0.3 is 0 Å². The van der Waals surface area contributed by atoms with Crippen LogP contribution in [-0.2, 0) is 22.4 Å². The molecule has 2 N–H and O–H groups in total. The molecule has 0 radical (unpaired) electrons. The van der Waals surface area contributed by atoms with E-state index in [0.717, 1.165) is 30.5 Å². The van der Waals surface area contributed by atoms with Crippen LogP contribution >= 0.6 is 0 Å². The van der Waals surface area contributed by atoms with Crippen LogP contribution < -0.4 is 10.6 Å². The average molecular weight is 348 g/mol. The van der Waals surface area contributed by atoms with E-state index in [1.54, 1.807) is 0 Å². The number of hydrogen-bond acceptors (Lipinski definition) is 2. The number of hydrogen-bond donors (Lipinski definition) is 2. The maximum Gasteiger partial charge on any atom is 0.227 e. The number of fused-ring (bicyclic) bond motifs is 2. The molecule has 4 rings (SSSR count). The largest absolute Gasteiger partial charge is 0.349 e. The van der Waals surface area contributed by atoms with Crippen LogP contribution in [0.1, 0.15) is 48.4 Å². The van der Waals surface area contributed by atoms with Crippen molar-refractivity contribution in [1.29, 1.82) is 0 Å². The minimum absolute atomic E-state index is 0.0273. The van der Waals surface area contributed by atoms with E-state index in [4.69, 9.17) is 0 Å². The molecule has 26 heavy (non-hydrogen) atoms. The molecule has 2 aliphatic rings. The van der Waals surface area contributed by atoms with Crippen molar-refractivity contribution >= 4 is 17.5 Å². The third-order valence-electron chi connectivity index (χ3n) is 5.54. The van der Waals surface area contributed by atoms with Gasteiger partial charge in [-0.3, -0.25) is 9.59 Å². The van der Waals surface area contributed by atoms with Crippen LogP contribution in [0, 0.1) is 5.92 Å². The first-order valence-electron chi connectivity index (χ1n) is 9.46. The second-order valence-electron chi connectivity index (χ2n) is 7.30. The molecule has 1 heterocycles. The zero-order chi connectivity index (χ0) is 17.9. The van der Waals surface area contributed by atoms with Gasteiger partial charge in [0.1, 0.15) is 0 Å². The Balaban J connectivity index is 1.35. The van der Waals surface area contributed by atoms with Crippen molar-refractivity contribution in [2.45, 2.75) is 44.6 Å². The molecule has 0 saturated heterocycles. The Bertz CT molecular complexity index is 830. The first kappa shape index (κ1) is 16.8. The van der Waals surface area contributed by atoms with Crippen molar-refractivity contribution in [2.75, 3.05) is 5.32 Å². The second kappa shape index (κ2) is 7.32. The summed E-state index contributed by atoms with van der Waals surface area (Å²) in [6, 6.07) is 16.3. The molecule has 1 aliphatic carbocycles. The van der Waals surface area contributed by atoms with Crippen LogP contribution in [0.25, 0.3) is 0 Å². The predicted molar refractivity (Wildman–Crippen MR) is 102 cm³/mol. The van der Waals surface area contributed by atoms with E-state index in [0.29, 0.717) is 19.3 Å². The van der Waals surface area contributed by atoms with E-state index < -0.39 is 0 Å². The SMILES string of the molecule is O=C(CCC1Cc2ccccc2NC1=O)NC1CCCc2ccccc21. The topological polar surface area (TPSA) is 58.2 Å². The highest BCUT2D eigenvalue weighted by Gasteiger charge is 2.27. The van der Waals surface area contributed by atoms with Gasteiger partial charge < -0.3 is 10.6 Å². The highest BCUT2D eigenvalue weighted by Crippen LogP contribution is 2.30. The molecule has 2 amide bonds. The summed E-state index contributed by atoms with van der Waals surface area (Å²) in [5.74, 6) is -0.0628. The van der Waals surface area contributed by atoms with Gasteiger partial charge in [0.05, 0.1) is 6.04 Å². The van der Waals surface area contributed by atoms with Crippen molar-refractivity contribution in [3.63, 3.8) is 0 Å². The third-order valence-corrected chi connectivity index (χ3v) is 5.54. The molecule has 2 aromatic carbocycles. The standard InChI is InChI=1S/C22H24N2O2/c25-21(23-20-11-5-8-15-6-1-3-9-18(15)20)13-12-17-14-16-7-2-4-10-19(16)24-22(17)26/h1-4,6-7,9-10,17,20H,5,8,11-14H2,(H,23,25)(H,24,26). The molecule has 0 fully saturated rings. The average Bonchev–Trinajstić information content (AvgIpc) is 2.66. The van der Waals surface area contributed by atoms with Crippen molar-refractivity contribution in [2.24, 2.45) is 5.92 Å². The van der Waals surface area contributed by atoms with Gasteiger partial charge in [-0.15, -0.1) is 0 Å². The van der Waals surface area contributed by atoms with Gasteiger partial charge in [-0.2, -0.15) is 0 Å². The van der Waals surface area contributed by atoms with Crippen LogP contribution in [0.15, 0.2) is 48.5 Å². The van der Waals surface area contributed by atoms with Gasteiger partial charge in [-0.25, -0.2) is 0 Å². The number of carbonyl (C=O) groups excluding carboxylic acids is 2. The Morgan fingerprint density at radius 1 is 1.08 bits per heavy atom. The molecule has 4 heteroatoms. The summed E-state index contributed by atoms with van der Waals surface area (Å²) in [5, 5.41) is 6.14. The number of benzene rings is 2. The van der Waals surface area contributed by atoms with Crippen LogP contribution in [0.3, 0.4) is 0 Å². The molecule has 2 unspecified atom stereocenters. The van der Waals surface area contributed by atoms with Crippen molar-refractivity contribution < 1.29 is 9.59 Å². The van der Waals surface area contributed by atoms with Gasteiger partial charge in [0.25, 0.3) is 0 Å². The molecule has 0 spiro atoms.